The Morgan fingerprint density at radius 1 is 1.20 bits per heavy atom. The molecular weight excluding hydrogens is 316 g/mol. The Kier molecular flexibility index (Phi) is 4.00. The van der Waals surface area contributed by atoms with Gasteiger partial charge in [0.15, 0.2) is 0 Å². The maximum atomic E-state index is 12.7. The molecule has 6 heteroatoms. The number of piperidine rings is 1. The van der Waals surface area contributed by atoms with Crippen molar-refractivity contribution < 1.29 is 9.32 Å². The SMILES string of the molecule is Cc1noc(C)c1CCN1CCC2(CC1)Nc1ccccc1NC2=O. The molecule has 2 N–H and O–H groups in total. The molecule has 1 spiro atoms. The summed E-state index contributed by atoms with van der Waals surface area (Å²) in [6.45, 7) is 6.74. The summed E-state index contributed by atoms with van der Waals surface area (Å²) in [5.74, 6) is 1.01. The van der Waals surface area contributed by atoms with Crippen molar-refractivity contribution in [2.45, 2.75) is 38.6 Å². The third-order valence-corrected chi connectivity index (χ3v) is 5.55. The number of aryl methyl sites for hydroxylation is 2. The molecule has 25 heavy (non-hydrogen) atoms. The van der Waals surface area contributed by atoms with Crippen LogP contribution in [0.25, 0.3) is 0 Å². The molecule has 0 unspecified atom stereocenters. The highest BCUT2D eigenvalue weighted by atomic mass is 16.5. The van der Waals surface area contributed by atoms with E-state index < -0.39 is 5.54 Å². The second kappa shape index (κ2) is 6.19. The minimum absolute atomic E-state index is 0.0940. The van der Waals surface area contributed by atoms with Crippen LogP contribution in [0.3, 0.4) is 0 Å². The molecule has 132 valence electrons. The topological polar surface area (TPSA) is 70.4 Å². The second-order valence-corrected chi connectivity index (χ2v) is 7.10. The van der Waals surface area contributed by atoms with Gasteiger partial charge >= 0.3 is 0 Å². The van der Waals surface area contributed by atoms with E-state index in [0.717, 1.165) is 61.7 Å². The first-order chi connectivity index (χ1) is 12.1. The number of hydrogen-bond donors (Lipinski definition) is 2. The Morgan fingerprint density at radius 2 is 1.92 bits per heavy atom. The number of carbonyl (C=O) groups excluding carboxylic acids is 1. The summed E-state index contributed by atoms with van der Waals surface area (Å²) < 4.78 is 5.24. The molecule has 0 bridgehead atoms. The van der Waals surface area contributed by atoms with Gasteiger partial charge in [0.1, 0.15) is 11.3 Å². The van der Waals surface area contributed by atoms with Crippen molar-refractivity contribution in [2.24, 2.45) is 0 Å². The Bertz CT molecular complexity index is 771. The monoisotopic (exact) mass is 340 g/mol. The summed E-state index contributed by atoms with van der Waals surface area (Å²) in [6, 6.07) is 7.90. The van der Waals surface area contributed by atoms with Crippen LogP contribution < -0.4 is 10.6 Å². The quantitative estimate of drug-likeness (QED) is 0.899. The maximum Gasteiger partial charge on any atom is 0.250 e. The van der Waals surface area contributed by atoms with Gasteiger partial charge in [0.2, 0.25) is 5.91 Å². The zero-order valence-electron chi connectivity index (χ0n) is 14.8. The van der Waals surface area contributed by atoms with Crippen molar-refractivity contribution in [3.63, 3.8) is 0 Å². The van der Waals surface area contributed by atoms with E-state index in [1.54, 1.807) is 0 Å². The van der Waals surface area contributed by atoms with Gasteiger partial charge in [-0.15, -0.1) is 0 Å². The molecule has 1 amide bonds. The van der Waals surface area contributed by atoms with Gasteiger partial charge in [-0.05, 0) is 45.2 Å². The summed E-state index contributed by atoms with van der Waals surface area (Å²) in [5.41, 5.74) is 3.61. The Morgan fingerprint density at radius 3 is 2.60 bits per heavy atom. The second-order valence-electron chi connectivity index (χ2n) is 7.10. The molecule has 1 saturated heterocycles. The molecule has 2 aromatic rings. The number of benzene rings is 1. The number of fused-ring (bicyclic) bond motifs is 1. The number of anilines is 2. The van der Waals surface area contributed by atoms with Gasteiger partial charge in [0, 0.05) is 25.2 Å². The van der Waals surface area contributed by atoms with Crippen molar-refractivity contribution >= 4 is 17.3 Å². The highest BCUT2D eigenvalue weighted by Crippen LogP contribution is 2.36. The van der Waals surface area contributed by atoms with E-state index in [9.17, 15) is 4.79 Å². The van der Waals surface area contributed by atoms with Gasteiger partial charge in [-0.1, -0.05) is 17.3 Å². The molecule has 0 aliphatic carbocycles. The average molecular weight is 340 g/mol. The van der Waals surface area contributed by atoms with E-state index in [-0.39, 0.29) is 5.91 Å². The van der Waals surface area contributed by atoms with Gasteiger partial charge in [0.25, 0.3) is 0 Å². The predicted molar refractivity (Wildman–Crippen MR) is 96.8 cm³/mol. The van der Waals surface area contributed by atoms with Crippen LogP contribution >= 0.6 is 0 Å². The van der Waals surface area contributed by atoms with Crippen LogP contribution in [0.15, 0.2) is 28.8 Å². The lowest BCUT2D eigenvalue weighted by Crippen LogP contribution is -2.58. The fourth-order valence-corrected chi connectivity index (χ4v) is 3.90. The van der Waals surface area contributed by atoms with E-state index in [4.69, 9.17) is 4.52 Å². The molecule has 2 aliphatic heterocycles. The Balaban J connectivity index is 1.39. The molecular formula is C19H24N4O2. The third-order valence-electron chi connectivity index (χ3n) is 5.55. The standard InChI is InChI=1S/C19H24N4O2/c1-13-15(14(2)25-22-13)7-10-23-11-8-19(9-12-23)18(24)20-16-5-3-4-6-17(16)21-19/h3-6,21H,7-12H2,1-2H3,(H,20,24). The van der Waals surface area contributed by atoms with Gasteiger partial charge in [0.05, 0.1) is 17.1 Å². The molecule has 6 nitrogen and oxygen atoms in total. The molecule has 3 heterocycles. The number of amides is 1. The number of nitrogens with one attached hydrogen (secondary N) is 2. The first-order valence-corrected chi connectivity index (χ1v) is 8.90. The van der Waals surface area contributed by atoms with Crippen molar-refractivity contribution in [3.05, 3.63) is 41.3 Å². The fourth-order valence-electron chi connectivity index (χ4n) is 3.90. The van der Waals surface area contributed by atoms with Crippen LogP contribution in [0.2, 0.25) is 0 Å². The van der Waals surface area contributed by atoms with Crippen LogP contribution in [0.4, 0.5) is 11.4 Å². The number of likely N-dealkylation sites (tertiary alicyclic amines) is 1. The lowest BCUT2D eigenvalue weighted by atomic mass is 9.84. The molecule has 1 aromatic carbocycles. The fraction of sp³-hybridized carbons (Fsp3) is 0.474. The molecule has 1 fully saturated rings. The molecule has 0 atom stereocenters. The van der Waals surface area contributed by atoms with Crippen LogP contribution in [-0.4, -0.2) is 41.1 Å². The van der Waals surface area contributed by atoms with Crippen molar-refractivity contribution in [1.29, 1.82) is 0 Å². The first-order valence-electron chi connectivity index (χ1n) is 8.90. The number of nitrogens with zero attached hydrogens (tertiary/aromatic N) is 2. The first kappa shape index (κ1) is 16.1. The molecule has 0 saturated carbocycles. The number of hydrogen-bond acceptors (Lipinski definition) is 5. The number of para-hydroxylation sites is 2. The van der Waals surface area contributed by atoms with Gasteiger partial charge < -0.3 is 20.1 Å². The van der Waals surface area contributed by atoms with Gasteiger partial charge in [-0.25, -0.2) is 0 Å². The van der Waals surface area contributed by atoms with E-state index in [1.165, 1.54) is 5.56 Å². The van der Waals surface area contributed by atoms with Crippen LogP contribution in [0.1, 0.15) is 29.9 Å². The van der Waals surface area contributed by atoms with Crippen molar-refractivity contribution in [1.82, 2.24) is 10.1 Å². The Hall–Kier alpha value is -2.34. The van der Waals surface area contributed by atoms with Crippen molar-refractivity contribution in [2.75, 3.05) is 30.3 Å². The minimum Gasteiger partial charge on any atom is -0.369 e. The van der Waals surface area contributed by atoms with Crippen LogP contribution in [0.5, 0.6) is 0 Å². The molecule has 2 aliphatic rings. The van der Waals surface area contributed by atoms with Gasteiger partial charge in [-0.2, -0.15) is 0 Å². The minimum atomic E-state index is -0.478. The third kappa shape index (κ3) is 2.91. The van der Waals surface area contributed by atoms with Gasteiger partial charge in [-0.3, -0.25) is 4.79 Å². The highest BCUT2D eigenvalue weighted by molar-refractivity contribution is 6.06. The van der Waals surface area contributed by atoms with E-state index in [2.05, 4.69) is 20.7 Å². The summed E-state index contributed by atoms with van der Waals surface area (Å²) in [7, 11) is 0. The van der Waals surface area contributed by atoms with E-state index in [1.807, 2.05) is 38.1 Å². The summed E-state index contributed by atoms with van der Waals surface area (Å²) >= 11 is 0. The van der Waals surface area contributed by atoms with Crippen molar-refractivity contribution in [3.8, 4) is 0 Å². The largest absolute Gasteiger partial charge is 0.369 e. The Labute approximate surface area is 147 Å². The lowest BCUT2D eigenvalue weighted by Gasteiger charge is -2.44. The van der Waals surface area contributed by atoms with Crippen LogP contribution in [0, 0.1) is 13.8 Å². The zero-order chi connectivity index (χ0) is 17.4. The lowest BCUT2D eigenvalue weighted by molar-refractivity contribution is -0.122. The smallest absolute Gasteiger partial charge is 0.250 e. The van der Waals surface area contributed by atoms with E-state index >= 15 is 0 Å². The molecule has 0 radical (unpaired) electrons. The number of rotatable bonds is 3. The number of aromatic nitrogens is 1. The zero-order valence-corrected chi connectivity index (χ0v) is 14.8. The highest BCUT2D eigenvalue weighted by Gasteiger charge is 2.44. The average Bonchev–Trinajstić information content (AvgIpc) is 2.94. The molecule has 1 aromatic heterocycles. The predicted octanol–water partition coefficient (Wildman–Crippen LogP) is 2.73. The summed E-state index contributed by atoms with van der Waals surface area (Å²) in [4.78, 5) is 15.1. The van der Waals surface area contributed by atoms with E-state index in [0.29, 0.717) is 0 Å². The molecule has 4 rings (SSSR count). The van der Waals surface area contributed by atoms with Crippen LogP contribution in [-0.2, 0) is 11.2 Å². The summed E-state index contributed by atoms with van der Waals surface area (Å²) in [6.07, 6.45) is 2.57. The summed E-state index contributed by atoms with van der Waals surface area (Å²) in [5, 5.41) is 10.6. The maximum absolute atomic E-state index is 12.7. The number of carbonyl (C=O) groups is 1. The normalized spacial score (nSPS) is 19.4.